The molecule has 0 unspecified atom stereocenters. The second kappa shape index (κ2) is 5.76. The van der Waals surface area contributed by atoms with Gasteiger partial charge in [0, 0.05) is 0 Å². The van der Waals surface area contributed by atoms with Crippen molar-refractivity contribution in [1.82, 2.24) is 0 Å². The molecule has 50 valence electrons. The van der Waals surface area contributed by atoms with Crippen LogP contribution in [0.3, 0.4) is 0 Å². The number of hydrogen-bond acceptors (Lipinski definition) is 0. The Morgan fingerprint density at radius 1 is 1.20 bits per heavy atom. The van der Waals surface area contributed by atoms with E-state index in [1.54, 1.807) is 0 Å². The van der Waals surface area contributed by atoms with E-state index in [-0.39, 0.29) is 0 Å². The van der Waals surface area contributed by atoms with E-state index in [2.05, 4.69) is 26.0 Å². The summed E-state index contributed by atoms with van der Waals surface area (Å²) in [6, 6.07) is 8.13. The van der Waals surface area contributed by atoms with Gasteiger partial charge in [0.2, 0.25) is 0 Å². The standard InChI is InChI=1S/C8H9.ClH.Zn/c1-7-3-5-8(2)6-4-7;;/h3-6H,1H2,2H3;1H;/q-1;;+2/p-1. The topological polar surface area (TPSA) is 0 Å². The van der Waals surface area contributed by atoms with Crippen LogP contribution in [0.15, 0.2) is 24.3 Å². The van der Waals surface area contributed by atoms with E-state index >= 15 is 0 Å². The van der Waals surface area contributed by atoms with Crippen molar-refractivity contribution >= 4 is 9.69 Å². The van der Waals surface area contributed by atoms with E-state index in [0.29, 0.717) is 0 Å². The van der Waals surface area contributed by atoms with Gasteiger partial charge in [-0.05, 0) is 6.92 Å². The first kappa shape index (κ1) is 10.0. The molecule has 0 aliphatic heterocycles. The van der Waals surface area contributed by atoms with Gasteiger partial charge in [-0.3, -0.25) is 0 Å². The van der Waals surface area contributed by atoms with E-state index in [1.165, 1.54) is 5.56 Å². The van der Waals surface area contributed by atoms with Gasteiger partial charge in [0.25, 0.3) is 0 Å². The van der Waals surface area contributed by atoms with Crippen molar-refractivity contribution in [3.8, 4) is 0 Å². The van der Waals surface area contributed by atoms with Gasteiger partial charge in [0.05, 0.1) is 0 Å². The molecule has 0 heterocycles. The fraction of sp³-hybridized carbons (Fsp3) is 0.125. The van der Waals surface area contributed by atoms with Gasteiger partial charge < -0.3 is 0 Å². The molecule has 1 aromatic carbocycles. The normalized spacial score (nSPS) is 8.00. The Balaban J connectivity index is 0.000000371. The van der Waals surface area contributed by atoms with E-state index in [4.69, 9.17) is 9.69 Å². The first-order valence-electron chi connectivity index (χ1n) is 2.94. The van der Waals surface area contributed by atoms with Crippen molar-refractivity contribution in [2.24, 2.45) is 0 Å². The zero-order valence-corrected chi connectivity index (χ0v) is 9.82. The van der Waals surface area contributed by atoms with Crippen LogP contribution in [0, 0.1) is 13.8 Å². The molecule has 0 aliphatic carbocycles. The fourth-order valence-corrected chi connectivity index (χ4v) is 0.588. The molecule has 0 spiro atoms. The average Bonchev–Trinajstić information content (AvgIpc) is 2.00. The Bertz CT molecular complexity index is 148. The molecule has 0 aliphatic rings. The van der Waals surface area contributed by atoms with Crippen LogP contribution < -0.4 is 0 Å². The Hall–Kier alpha value is 0.00338. The zero-order chi connectivity index (χ0) is 7.98. The van der Waals surface area contributed by atoms with Gasteiger partial charge in [-0.15, -0.1) is 12.1 Å². The number of rotatable bonds is 0. The molecule has 0 radical (unpaired) electrons. The van der Waals surface area contributed by atoms with Crippen molar-refractivity contribution in [1.29, 1.82) is 0 Å². The van der Waals surface area contributed by atoms with Crippen molar-refractivity contribution < 1.29 is 17.3 Å². The second-order valence-corrected chi connectivity index (χ2v) is 1.99. The Morgan fingerprint density at radius 3 is 1.90 bits per heavy atom. The molecule has 2 heteroatoms. The SMILES string of the molecule is [CH2-]c1ccc(C)cc1.[Cl][Zn+]. The third-order valence-corrected chi connectivity index (χ3v) is 1.12. The Morgan fingerprint density at radius 2 is 1.60 bits per heavy atom. The molecular formula is C8H9ClZn. The molecule has 0 saturated heterocycles. The van der Waals surface area contributed by atoms with E-state index in [1.807, 2.05) is 12.1 Å². The van der Waals surface area contributed by atoms with Crippen LogP contribution in [0.25, 0.3) is 0 Å². The van der Waals surface area contributed by atoms with Crippen LogP contribution in [0.1, 0.15) is 11.1 Å². The van der Waals surface area contributed by atoms with Gasteiger partial charge in [0.1, 0.15) is 0 Å². The van der Waals surface area contributed by atoms with Crippen molar-refractivity contribution in [3.05, 3.63) is 42.3 Å². The number of halogens is 1. The summed E-state index contributed by atoms with van der Waals surface area (Å²) in [6.07, 6.45) is 0. The summed E-state index contributed by atoms with van der Waals surface area (Å²) in [5.74, 6) is 0. The first-order chi connectivity index (χ1) is 4.79. The predicted octanol–water partition coefficient (Wildman–Crippen LogP) is 2.86. The minimum absolute atomic E-state index is 0.847. The molecule has 0 bridgehead atoms. The summed E-state index contributed by atoms with van der Waals surface area (Å²) >= 11 is 0.847. The van der Waals surface area contributed by atoms with E-state index in [0.717, 1.165) is 22.9 Å². The summed E-state index contributed by atoms with van der Waals surface area (Å²) in [7, 11) is 4.76. The van der Waals surface area contributed by atoms with Gasteiger partial charge in [-0.2, -0.15) is 24.6 Å². The Kier molecular flexibility index (Phi) is 5.77. The van der Waals surface area contributed by atoms with E-state index < -0.39 is 0 Å². The number of hydrogen-bond donors (Lipinski definition) is 0. The third kappa shape index (κ3) is 3.92. The maximum absolute atomic E-state index is 4.76. The molecule has 0 aromatic heterocycles. The predicted molar refractivity (Wildman–Crippen MR) is 41.5 cm³/mol. The minimum atomic E-state index is 0.847. The quantitative estimate of drug-likeness (QED) is 0.452. The van der Waals surface area contributed by atoms with Gasteiger partial charge in [-0.25, -0.2) is 0 Å². The Labute approximate surface area is 76.3 Å². The first-order valence-corrected chi connectivity index (χ1v) is 6.84. The van der Waals surface area contributed by atoms with Crippen LogP contribution in [-0.4, -0.2) is 0 Å². The molecule has 0 N–H and O–H groups in total. The third-order valence-electron chi connectivity index (χ3n) is 1.12. The summed E-state index contributed by atoms with van der Waals surface area (Å²) < 4.78 is 0. The van der Waals surface area contributed by atoms with Crippen LogP contribution in [-0.2, 0) is 17.3 Å². The van der Waals surface area contributed by atoms with Crippen molar-refractivity contribution in [2.45, 2.75) is 6.92 Å². The molecule has 0 saturated carbocycles. The maximum atomic E-state index is 4.76. The number of benzene rings is 1. The summed E-state index contributed by atoms with van der Waals surface area (Å²) in [5.41, 5.74) is 2.37. The van der Waals surface area contributed by atoms with Crippen molar-refractivity contribution in [2.75, 3.05) is 0 Å². The van der Waals surface area contributed by atoms with E-state index in [9.17, 15) is 0 Å². The van der Waals surface area contributed by atoms with Gasteiger partial charge >= 0.3 is 27.0 Å². The second-order valence-electron chi connectivity index (χ2n) is 1.99. The molecule has 1 aromatic rings. The average molecular weight is 206 g/mol. The monoisotopic (exact) mass is 204 g/mol. The van der Waals surface area contributed by atoms with Crippen LogP contribution in [0.2, 0.25) is 0 Å². The summed E-state index contributed by atoms with van der Waals surface area (Å²) in [6.45, 7) is 5.83. The van der Waals surface area contributed by atoms with Gasteiger partial charge in [-0.1, -0.05) is 5.56 Å². The molecule has 1 rings (SSSR count). The molecule has 0 fully saturated rings. The molecular weight excluding hydrogens is 197 g/mol. The molecule has 0 atom stereocenters. The summed E-state index contributed by atoms with van der Waals surface area (Å²) in [4.78, 5) is 0. The van der Waals surface area contributed by atoms with Crippen LogP contribution in [0.4, 0.5) is 0 Å². The van der Waals surface area contributed by atoms with Crippen LogP contribution in [0.5, 0.6) is 0 Å². The molecule has 0 nitrogen and oxygen atoms in total. The molecule has 0 amide bonds. The fourth-order valence-electron chi connectivity index (χ4n) is 0.588. The molecule has 10 heavy (non-hydrogen) atoms. The summed E-state index contributed by atoms with van der Waals surface area (Å²) in [5, 5.41) is 0. The van der Waals surface area contributed by atoms with Crippen molar-refractivity contribution in [3.63, 3.8) is 0 Å². The number of aryl methyl sites for hydroxylation is 1. The zero-order valence-electron chi connectivity index (χ0n) is 6.10. The van der Waals surface area contributed by atoms with Gasteiger partial charge in [0.15, 0.2) is 0 Å². The van der Waals surface area contributed by atoms with Crippen LogP contribution >= 0.6 is 9.69 Å².